The molecule has 86 valence electrons. The monoisotopic (exact) mass is 227 g/mol. The molecular formula is C11H21N3S. The van der Waals surface area contributed by atoms with E-state index in [1.807, 2.05) is 18.7 Å². The first-order valence-corrected chi connectivity index (χ1v) is 6.71. The van der Waals surface area contributed by atoms with Crippen LogP contribution in [-0.2, 0) is 18.7 Å². The van der Waals surface area contributed by atoms with Crippen LogP contribution in [-0.4, -0.2) is 21.6 Å². The maximum Gasteiger partial charge on any atom is 0.0625 e. The highest BCUT2D eigenvalue weighted by Crippen LogP contribution is 2.14. The van der Waals surface area contributed by atoms with E-state index in [0.29, 0.717) is 0 Å². The van der Waals surface area contributed by atoms with E-state index in [1.165, 1.54) is 11.4 Å². The van der Waals surface area contributed by atoms with E-state index >= 15 is 0 Å². The molecule has 0 aliphatic heterocycles. The van der Waals surface area contributed by atoms with Crippen molar-refractivity contribution in [2.45, 2.75) is 45.5 Å². The minimum atomic E-state index is 0.277. The van der Waals surface area contributed by atoms with Crippen molar-refractivity contribution in [1.82, 2.24) is 9.78 Å². The van der Waals surface area contributed by atoms with Gasteiger partial charge in [0.2, 0.25) is 0 Å². The molecule has 1 unspecified atom stereocenters. The zero-order valence-electron chi connectivity index (χ0n) is 9.86. The molecule has 3 nitrogen and oxygen atoms in total. The summed E-state index contributed by atoms with van der Waals surface area (Å²) in [5.74, 6) is 2.03. The molecule has 1 heterocycles. The SMILES string of the molecule is CCc1cc(CSCC(C)N)n(CC)n1. The summed E-state index contributed by atoms with van der Waals surface area (Å²) in [6, 6.07) is 2.48. The quantitative estimate of drug-likeness (QED) is 0.809. The van der Waals surface area contributed by atoms with Crippen LogP contribution in [0, 0.1) is 0 Å². The van der Waals surface area contributed by atoms with E-state index in [1.54, 1.807) is 0 Å². The molecule has 15 heavy (non-hydrogen) atoms. The summed E-state index contributed by atoms with van der Waals surface area (Å²) in [6.45, 7) is 7.27. The third kappa shape index (κ3) is 3.87. The van der Waals surface area contributed by atoms with E-state index in [2.05, 4.69) is 29.7 Å². The third-order valence-electron chi connectivity index (χ3n) is 2.21. The van der Waals surface area contributed by atoms with Gasteiger partial charge in [-0.15, -0.1) is 0 Å². The molecule has 1 aromatic rings. The standard InChI is InChI=1S/C11H21N3S/c1-4-10-6-11(14(5-2)13-10)8-15-7-9(3)12/h6,9H,4-5,7-8,12H2,1-3H3. The lowest BCUT2D eigenvalue weighted by Crippen LogP contribution is -2.17. The minimum Gasteiger partial charge on any atom is -0.327 e. The van der Waals surface area contributed by atoms with Gasteiger partial charge in [-0.25, -0.2) is 0 Å². The third-order valence-corrected chi connectivity index (χ3v) is 3.47. The summed E-state index contributed by atoms with van der Waals surface area (Å²) in [6.07, 6.45) is 1.01. The Morgan fingerprint density at radius 1 is 1.53 bits per heavy atom. The van der Waals surface area contributed by atoms with Crippen LogP contribution in [0.4, 0.5) is 0 Å². The van der Waals surface area contributed by atoms with Crippen LogP contribution in [0.15, 0.2) is 6.07 Å². The Morgan fingerprint density at radius 2 is 2.27 bits per heavy atom. The summed E-state index contributed by atoms with van der Waals surface area (Å²) in [4.78, 5) is 0. The van der Waals surface area contributed by atoms with E-state index < -0.39 is 0 Å². The highest BCUT2D eigenvalue weighted by molar-refractivity contribution is 7.98. The van der Waals surface area contributed by atoms with Crippen molar-refractivity contribution in [3.63, 3.8) is 0 Å². The Bertz CT molecular complexity index is 294. The maximum absolute atomic E-state index is 5.72. The lowest BCUT2D eigenvalue weighted by atomic mass is 10.3. The number of nitrogens with two attached hydrogens (primary N) is 1. The molecule has 2 N–H and O–H groups in total. The summed E-state index contributed by atoms with van der Waals surface area (Å²) >= 11 is 1.88. The predicted octanol–water partition coefficient (Wildman–Crippen LogP) is 2.05. The molecule has 0 fully saturated rings. The van der Waals surface area contributed by atoms with Gasteiger partial charge in [-0.3, -0.25) is 4.68 Å². The summed E-state index contributed by atoms with van der Waals surface area (Å²) in [5, 5.41) is 4.52. The summed E-state index contributed by atoms with van der Waals surface area (Å²) in [5.41, 5.74) is 8.22. The summed E-state index contributed by atoms with van der Waals surface area (Å²) < 4.78 is 2.09. The van der Waals surface area contributed by atoms with Gasteiger partial charge in [0.25, 0.3) is 0 Å². The highest BCUT2D eigenvalue weighted by atomic mass is 32.2. The fraction of sp³-hybridized carbons (Fsp3) is 0.727. The van der Waals surface area contributed by atoms with Gasteiger partial charge in [0.1, 0.15) is 0 Å². The number of rotatable bonds is 6. The van der Waals surface area contributed by atoms with Crippen molar-refractivity contribution in [3.05, 3.63) is 17.5 Å². The Kier molecular flexibility index (Phi) is 5.19. The van der Waals surface area contributed by atoms with Crippen LogP contribution in [0.3, 0.4) is 0 Å². The molecule has 1 atom stereocenters. The molecule has 0 spiro atoms. The molecule has 1 aromatic heterocycles. The van der Waals surface area contributed by atoms with Gasteiger partial charge in [-0.1, -0.05) is 6.92 Å². The number of hydrogen-bond donors (Lipinski definition) is 1. The zero-order valence-corrected chi connectivity index (χ0v) is 10.7. The molecule has 0 saturated carbocycles. The van der Waals surface area contributed by atoms with Crippen LogP contribution in [0.25, 0.3) is 0 Å². The molecule has 0 bridgehead atoms. The molecule has 0 radical (unpaired) electrons. The molecule has 0 aliphatic carbocycles. The van der Waals surface area contributed by atoms with Gasteiger partial charge >= 0.3 is 0 Å². The van der Waals surface area contributed by atoms with Crippen molar-refractivity contribution < 1.29 is 0 Å². The first-order valence-electron chi connectivity index (χ1n) is 5.56. The van der Waals surface area contributed by atoms with Crippen molar-refractivity contribution >= 4 is 11.8 Å². The van der Waals surface area contributed by atoms with Crippen molar-refractivity contribution in [2.75, 3.05) is 5.75 Å². The van der Waals surface area contributed by atoms with Gasteiger partial charge in [-0.05, 0) is 26.3 Å². The van der Waals surface area contributed by atoms with Gasteiger partial charge in [-0.2, -0.15) is 16.9 Å². The van der Waals surface area contributed by atoms with Crippen molar-refractivity contribution in [2.24, 2.45) is 5.73 Å². The number of aryl methyl sites for hydroxylation is 2. The smallest absolute Gasteiger partial charge is 0.0625 e. The average Bonchev–Trinajstić information content (AvgIpc) is 2.60. The molecular weight excluding hydrogens is 206 g/mol. The molecule has 1 rings (SSSR count). The molecule has 0 aromatic carbocycles. The zero-order chi connectivity index (χ0) is 11.3. The predicted molar refractivity (Wildman–Crippen MR) is 67.1 cm³/mol. The van der Waals surface area contributed by atoms with Crippen molar-refractivity contribution in [1.29, 1.82) is 0 Å². The Morgan fingerprint density at radius 3 is 2.80 bits per heavy atom. The van der Waals surface area contributed by atoms with E-state index in [-0.39, 0.29) is 6.04 Å². The number of aromatic nitrogens is 2. The molecule has 0 saturated heterocycles. The van der Waals surface area contributed by atoms with E-state index in [0.717, 1.165) is 24.5 Å². The highest BCUT2D eigenvalue weighted by Gasteiger charge is 2.05. The second kappa shape index (κ2) is 6.18. The van der Waals surface area contributed by atoms with Crippen LogP contribution in [0.1, 0.15) is 32.2 Å². The van der Waals surface area contributed by atoms with Crippen molar-refractivity contribution in [3.8, 4) is 0 Å². The number of nitrogens with zero attached hydrogens (tertiary/aromatic N) is 2. The summed E-state index contributed by atoms with van der Waals surface area (Å²) in [7, 11) is 0. The van der Waals surface area contributed by atoms with Crippen LogP contribution < -0.4 is 5.73 Å². The van der Waals surface area contributed by atoms with E-state index in [9.17, 15) is 0 Å². The number of thioether (sulfide) groups is 1. The first kappa shape index (κ1) is 12.6. The Labute approximate surface area is 96.4 Å². The second-order valence-corrected chi connectivity index (χ2v) is 4.82. The normalized spacial score (nSPS) is 13.1. The molecule has 0 aliphatic rings. The largest absolute Gasteiger partial charge is 0.327 e. The fourth-order valence-electron chi connectivity index (χ4n) is 1.43. The Balaban J connectivity index is 2.54. The average molecular weight is 227 g/mol. The second-order valence-electron chi connectivity index (χ2n) is 3.79. The van der Waals surface area contributed by atoms with Crippen LogP contribution >= 0.6 is 11.8 Å². The topological polar surface area (TPSA) is 43.8 Å². The lowest BCUT2D eigenvalue weighted by Gasteiger charge is -2.06. The van der Waals surface area contributed by atoms with Gasteiger partial charge in [0.05, 0.1) is 5.69 Å². The maximum atomic E-state index is 5.72. The minimum absolute atomic E-state index is 0.277. The lowest BCUT2D eigenvalue weighted by molar-refractivity contribution is 0.628. The number of hydrogen-bond acceptors (Lipinski definition) is 3. The Hall–Kier alpha value is -0.480. The van der Waals surface area contributed by atoms with E-state index in [4.69, 9.17) is 5.73 Å². The van der Waals surface area contributed by atoms with Gasteiger partial charge < -0.3 is 5.73 Å². The van der Waals surface area contributed by atoms with Crippen LogP contribution in [0.5, 0.6) is 0 Å². The first-order chi connectivity index (χ1) is 7.17. The van der Waals surface area contributed by atoms with Gasteiger partial charge in [0, 0.05) is 29.8 Å². The molecule has 0 amide bonds. The van der Waals surface area contributed by atoms with Gasteiger partial charge in [0.15, 0.2) is 0 Å². The molecule has 4 heteroatoms. The van der Waals surface area contributed by atoms with Crippen LogP contribution in [0.2, 0.25) is 0 Å². The fourth-order valence-corrected chi connectivity index (χ4v) is 2.36.